The molecule has 0 radical (unpaired) electrons. The lowest BCUT2D eigenvalue weighted by Crippen LogP contribution is -2.08. The van der Waals surface area contributed by atoms with Crippen LogP contribution in [0.2, 0.25) is 0 Å². The summed E-state index contributed by atoms with van der Waals surface area (Å²) in [5.41, 5.74) is -22.8. The van der Waals surface area contributed by atoms with Crippen LogP contribution in [0.1, 0.15) is 0 Å². The molecule has 32 heteroatoms. The number of nitrogens with one attached hydrogen (secondary N) is 10. The van der Waals surface area contributed by atoms with Gasteiger partial charge >= 0.3 is 0 Å². The van der Waals surface area contributed by atoms with Crippen LogP contribution in [0.5, 0.6) is 0 Å². The molecule has 0 atom stereocenters. The topological polar surface area (TPSA) is 508 Å². The van der Waals surface area contributed by atoms with Gasteiger partial charge in [-0.3, -0.25) is 117 Å². The van der Waals surface area contributed by atoms with Crippen molar-refractivity contribution in [3.05, 3.63) is 166 Å². The van der Waals surface area contributed by atoms with Crippen molar-refractivity contribution in [2.75, 3.05) is 0 Å². The lowest BCUT2D eigenvalue weighted by atomic mass is 9.96. The molecule has 378 valence electrons. The highest BCUT2D eigenvalue weighted by Crippen LogP contribution is 2.46. The van der Waals surface area contributed by atoms with Crippen molar-refractivity contribution in [1.29, 1.82) is 0 Å². The predicted molar refractivity (Wildman–Crippen MR) is 281 cm³/mol. The van der Waals surface area contributed by atoms with E-state index in [-0.39, 0.29) is 0 Å². The fourth-order valence-corrected chi connectivity index (χ4v) is 12.3. The van der Waals surface area contributed by atoms with Crippen LogP contribution in [0.25, 0.3) is 176 Å². The summed E-state index contributed by atoms with van der Waals surface area (Å²) in [6.45, 7) is 0. The Morgan fingerprint density at radius 1 is 0.150 bits per heavy atom. The molecule has 0 saturated carbocycles. The van der Waals surface area contributed by atoms with E-state index >= 15 is 0 Å². The first-order chi connectivity index (χ1) is 38.3. The van der Waals surface area contributed by atoms with Crippen molar-refractivity contribution < 1.29 is 0 Å². The summed E-state index contributed by atoms with van der Waals surface area (Å²) < 4.78 is 0. The van der Waals surface area contributed by atoms with Crippen molar-refractivity contribution in [1.82, 2.24) is 79.7 Å². The van der Waals surface area contributed by atoms with Crippen molar-refractivity contribution in [3.8, 4) is 45.6 Å². The standard InChI is InChI=1S/C48H10N16O16/c65-33-9-1-2(10-18(17(9)41(73)57-33)42(74)58-34(10)66)26-49-25(1)53-27-3-4(12-20(44(76)60-36(12)68)19-11(3)35(67)59-43(19)75)29(50-27)55-31-7-8(16-24(48(80)64-40(16)72)23-15(7)39(71)63-47(23)79)32(52-31)56-30-6-5(28(51-30)54-26)13-21(45(77)61-37(13)69)22-14(6)38(70)62-46(22)78/h(H,57,65,73)(H,58,66,74)(H,59,67,75)(H,60,68,76)(H,61,69,77)(H,62,70,78)(H,63,71,79)(H,64,72,80)(H2,49,50,51,52,53,54,55,56). The Kier molecular flexibility index (Phi) is 6.97. The summed E-state index contributed by atoms with van der Waals surface area (Å²) >= 11 is 0. The first-order valence-corrected chi connectivity index (χ1v) is 22.9. The van der Waals surface area contributed by atoms with Crippen molar-refractivity contribution in [2.24, 2.45) is 0 Å². The van der Waals surface area contributed by atoms with E-state index in [2.05, 4.69) is 59.8 Å². The van der Waals surface area contributed by atoms with Crippen molar-refractivity contribution in [3.63, 3.8) is 0 Å². The molecule has 10 N–H and O–H groups in total. The van der Waals surface area contributed by atoms with Gasteiger partial charge in [-0.1, -0.05) is 0 Å². The number of aromatic amines is 10. The average Bonchev–Trinajstić information content (AvgIpc) is 4.50. The first-order valence-electron chi connectivity index (χ1n) is 22.9. The van der Waals surface area contributed by atoms with E-state index in [0.29, 0.717) is 0 Å². The largest absolute Gasteiger partial charge is 0.324 e. The van der Waals surface area contributed by atoms with Gasteiger partial charge in [-0.25, -0.2) is 29.9 Å². The maximum Gasteiger partial charge on any atom is 0.259 e. The summed E-state index contributed by atoms with van der Waals surface area (Å²) in [6.07, 6.45) is 0. The third-order valence-electron chi connectivity index (χ3n) is 15.1. The SMILES string of the molecule is O=c1[nH]c(=O)c2c1c1c(c3c(=O)[nH]c(=O)c32)-c2nc-1nc1[nH]c(nc3nc(nc4[nH]c(n2)c2c5c(=O)[nH]c(=O)c5c5c(=O)[nH]c(=O)c5c42)-c2c-3c3c(=O)[nH]c(=O)c3c3c(=O)[nH]c(=O)c23)c2c3c(=O)[nH]c(=O)c3c3c(=O)[nH]c(=O)c3c12. The van der Waals surface area contributed by atoms with Gasteiger partial charge < -0.3 is 9.97 Å². The first kappa shape index (κ1) is 42.7. The molecule has 2 aliphatic rings. The minimum atomic E-state index is -1.16. The Morgan fingerprint density at radius 3 is 0.463 bits per heavy atom. The predicted octanol–water partition coefficient (Wildman–Crippen LogP) is -4.01. The van der Waals surface area contributed by atoms with Crippen LogP contribution >= 0.6 is 0 Å². The van der Waals surface area contributed by atoms with Crippen LogP contribution in [0.4, 0.5) is 0 Å². The van der Waals surface area contributed by atoms with Gasteiger partial charge in [0.25, 0.3) is 88.9 Å². The molecule has 11 aromatic heterocycles. The Labute approximate surface area is 420 Å². The quantitative estimate of drug-likeness (QED) is 0.0691. The summed E-state index contributed by atoms with van der Waals surface area (Å²) in [4.78, 5) is 272. The average molecular weight is 1070 g/mol. The Morgan fingerprint density at radius 2 is 0.287 bits per heavy atom. The fraction of sp³-hybridized carbons (Fsp3) is 0. The van der Waals surface area contributed by atoms with E-state index in [9.17, 15) is 76.7 Å². The number of H-pyrrole nitrogens is 10. The molecule has 80 heavy (non-hydrogen) atoms. The monoisotopic (exact) mass is 1070 g/mol. The van der Waals surface area contributed by atoms with Crippen molar-refractivity contribution in [2.45, 2.75) is 0 Å². The summed E-state index contributed by atoms with van der Waals surface area (Å²) in [5.74, 6) is -2.72. The molecule has 0 spiro atoms. The zero-order valence-electron chi connectivity index (χ0n) is 38.2. The molecule has 13 heterocycles. The fourth-order valence-electron chi connectivity index (χ4n) is 12.3. The molecule has 17 rings (SSSR count). The summed E-state index contributed by atoms with van der Waals surface area (Å²) in [5, 5.41) is -11.6. The molecule has 0 fully saturated rings. The highest BCUT2D eigenvalue weighted by molar-refractivity contribution is 6.34. The van der Waals surface area contributed by atoms with E-state index < -0.39 is 265 Å². The van der Waals surface area contributed by atoms with E-state index in [1.807, 2.05) is 0 Å². The van der Waals surface area contributed by atoms with E-state index in [4.69, 9.17) is 19.9 Å². The molecule has 0 aliphatic carbocycles. The molecule has 8 bridgehead atoms. The lowest BCUT2D eigenvalue weighted by Gasteiger charge is -2.02. The zero-order chi connectivity index (χ0) is 55.0. The second-order valence-electron chi connectivity index (χ2n) is 18.9. The highest BCUT2D eigenvalue weighted by Gasteiger charge is 2.37. The number of hydrogen-bond acceptors (Lipinski definition) is 22. The minimum Gasteiger partial charge on any atom is -0.324 e. The Bertz CT molecular complexity index is 6120. The molecule has 0 unspecified atom stereocenters. The molecule has 0 saturated heterocycles. The Hall–Kier alpha value is -12.6. The minimum absolute atomic E-state index is 0.465. The lowest BCUT2D eigenvalue weighted by molar-refractivity contribution is 1.19. The Balaban J connectivity index is 1.24. The van der Waals surface area contributed by atoms with Gasteiger partial charge in [-0.2, -0.15) is 0 Å². The van der Waals surface area contributed by atoms with E-state index in [1.165, 1.54) is 0 Å². The number of benzene rings is 4. The third-order valence-corrected chi connectivity index (χ3v) is 15.1. The molecular formula is C48H10N16O16. The van der Waals surface area contributed by atoms with Crippen LogP contribution in [0.3, 0.4) is 0 Å². The van der Waals surface area contributed by atoms with Crippen LogP contribution in [-0.4, -0.2) is 79.7 Å². The summed E-state index contributed by atoms with van der Waals surface area (Å²) in [7, 11) is 0. The second-order valence-corrected chi connectivity index (χ2v) is 18.9. The van der Waals surface area contributed by atoms with Crippen LogP contribution in [-0.2, 0) is 0 Å². The van der Waals surface area contributed by atoms with Gasteiger partial charge in [-0.05, 0) is 0 Å². The van der Waals surface area contributed by atoms with Crippen LogP contribution in [0.15, 0.2) is 76.7 Å². The number of nitrogens with zero attached hydrogens (tertiary/aromatic N) is 6. The molecule has 15 aromatic rings. The van der Waals surface area contributed by atoms with Crippen molar-refractivity contribution >= 4 is 130 Å². The number of fused-ring (bicyclic) bond motifs is 40. The van der Waals surface area contributed by atoms with Crippen LogP contribution in [0, 0.1) is 0 Å². The summed E-state index contributed by atoms with van der Waals surface area (Å²) in [6, 6.07) is 0. The van der Waals surface area contributed by atoms with Gasteiger partial charge in [-0.15, -0.1) is 0 Å². The third kappa shape index (κ3) is 4.57. The van der Waals surface area contributed by atoms with E-state index in [0.717, 1.165) is 0 Å². The van der Waals surface area contributed by atoms with Gasteiger partial charge in [0.2, 0.25) is 0 Å². The maximum absolute atomic E-state index is 14.1. The molecule has 32 nitrogen and oxygen atoms in total. The zero-order valence-corrected chi connectivity index (χ0v) is 38.2. The van der Waals surface area contributed by atoms with Gasteiger partial charge in [0.15, 0.2) is 23.3 Å². The molecule has 2 aliphatic heterocycles. The number of hydrogen-bond donors (Lipinski definition) is 10. The normalized spacial score (nSPS) is 12.8. The van der Waals surface area contributed by atoms with Gasteiger partial charge in [0.1, 0.15) is 22.6 Å². The van der Waals surface area contributed by atoms with Gasteiger partial charge in [0.05, 0.1) is 86.2 Å². The molecular weight excluding hydrogens is 1060 g/mol. The number of aromatic nitrogens is 16. The van der Waals surface area contributed by atoms with Crippen LogP contribution < -0.4 is 88.9 Å². The second kappa shape index (κ2) is 13.1. The maximum atomic E-state index is 14.1. The molecule has 0 amide bonds. The molecule has 4 aromatic carbocycles. The highest BCUT2D eigenvalue weighted by atomic mass is 16.2. The van der Waals surface area contributed by atoms with Gasteiger partial charge in [0, 0.05) is 43.8 Å². The number of rotatable bonds is 0. The smallest absolute Gasteiger partial charge is 0.259 e. The van der Waals surface area contributed by atoms with E-state index in [1.54, 1.807) is 0 Å².